The summed E-state index contributed by atoms with van der Waals surface area (Å²) in [6.07, 6.45) is 0. The molecule has 0 saturated heterocycles. The average Bonchev–Trinajstić information content (AvgIpc) is 2.21. The third-order valence-corrected chi connectivity index (χ3v) is 2.36. The molecule has 0 unspecified atom stereocenters. The van der Waals surface area contributed by atoms with E-state index in [-0.39, 0.29) is 0 Å². The summed E-state index contributed by atoms with van der Waals surface area (Å²) in [5.74, 6) is 0.427. The van der Waals surface area contributed by atoms with E-state index in [4.69, 9.17) is 4.74 Å². The molecule has 0 radical (unpaired) electrons. The summed E-state index contributed by atoms with van der Waals surface area (Å²) in [5, 5.41) is 0. The van der Waals surface area contributed by atoms with Gasteiger partial charge >= 0.3 is 5.71 Å². The van der Waals surface area contributed by atoms with Crippen molar-refractivity contribution in [2.24, 2.45) is 0 Å². The Morgan fingerprint density at radius 2 is 1.60 bits per heavy atom. The molecule has 0 bridgehead atoms. The van der Waals surface area contributed by atoms with Crippen molar-refractivity contribution in [3.05, 3.63) is 30.3 Å². The molecule has 3 nitrogen and oxygen atoms in total. The van der Waals surface area contributed by atoms with Crippen molar-refractivity contribution >= 4 is 12.9 Å². The van der Waals surface area contributed by atoms with Crippen molar-refractivity contribution in [3.8, 4) is 5.75 Å². The highest BCUT2D eigenvalue weighted by molar-refractivity contribution is 7.78. The quantitative estimate of drug-likeness (QED) is 0.722. The van der Waals surface area contributed by atoms with E-state index in [1.54, 1.807) is 24.3 Å². The van der Waals surface area contributed by atoms with Gasteiger partial charge in [-0.15, -0.1) is 0 Å². The summed E-state index contributed by atoms with van der Waals surface area (Å²) in [6, 6.07) is 8.60. The first-order valence-electron chi connectivity index (χ1n) is 4.82. The van der Waals surface area contributed by atoms with Gasteiger partial charge in [0.15, 0.2) is 7.14 Å². The molecule has 0 atom stereocenters. The van der Waals surface area contributed by atoms with Crippen LogP contribution in [-0.4, -0.2) is 19.0 Å². The Bertz CT molecular complexity index is 340. The number of ether oxygens (including phenoxy) is 1. The van der Waals surface area contributed by atoms with Crippen LogP contribution in [0.4, 0.5) is 4.79 Å². The second-order valence-electron chi connectivity index (χ2n) is 3.03. The summed E-state index contributed by atoms with van der Waals surface area (Å²) in [7, 11) is -2.78. The predicted molar refractivity (Wildman–Crippen MR) is 63.3 cm³/mol. The molecule has 0 aliphatic rings. The number of rotatable bonds is 2. The SMILES string of the molecule is CC.CP(C)(=O)C(=O)Oc1ccccc1. The largest absolute Gasteiger partial charge is 0.421 e. The van der Waals surface area contributed by atoms with Crippen LogP contribution in [0, 0.1) is 0 Å². The Hall–Kier alpha value is -1.08. The normalized spacial score (nSPS) is 9.87. The van der Waals surface area contributed by atoms with E-state index in [0.717, 1.165) is 0 Å². The molecule has 1 aromatic carbocycles. The standard InChI is InChI=1S/C9H11O3P.C2H6/c1-13(2,11)9(10)12-8-6-4-3-5-7-8;1-2/h3-7H,1-2H3;1-2H3. The second kappa shape index (κ2) is 6.41. The molecule has 84 valence electrons. The monoisotopic (exact) mass is 228 g/mol. The molecule has 0 saturated carbocycles. The van der Waals surface area contributed by atoms with Crippen molar-refractivity contribution in [2.75, 3.05) is 13.3 Å². The van der Waals surface area contributed by atoms with Gasteiger partial charge in [-0.2, -0.15) is 0 Å². The fourth-order valence-corrected chi connectivity index (χ4v) is 1.02. The summed E-state index contributed by atoms with van der Waals surface area (Å²) in [4.78, 5) is 11.1. The van der Waals surface area contributed by atoms with Crippen molar-refractivity contribution in [1.29, 1.82) is 0 Å². The second-order valence-corrected chi connectivity index (χ2v) is 6.10. The zero-order chi connectivity index (χ0) is 11.9. The fraction of sp³-hybridized carbons (Fsp3) is 0.364. The van der Waals surface area contributed by atoms with E-state index in [1.807, 2.05) is 19.9 Å². The molecule has 0 heterocycles. The minimum Gasteiger partial charge on any atom is -0.421 e. The van der Waals surface area contributed by atoms with Gasteiger partial charge in [0.05, 0.1) is 0 Å². The molecule has 1 rings (SSSR count). The van der Waals surface area contributed by atoms with Gasteiger partial charge in [-0.3, -0.25) is 0 Å². The lowest BCUT2D eigenvalue weighted by Gasteiger charge is -2.06. The van der Waals surface area contributed by atoms with E-state index in [9.17, 15) is 9.36 Å². The number of benzene rings is 1. The Morgan fingerprint density at radius 3 is 2.00 bits per heavy atom. The van der Waals surface area contributed by atoms with Gasteiger partial charge in [0.25, 0.3) is 0 Å². The summed E-state index contributed by atoms with van der Waals surface area (Å²) in [5.41, 5.74) is -0.654. The molecule has 0 N–H and O–H groups in total. The molecular weight excluding hydrogens is 211 g/mol. The molecule has 15 heavy (non-hydrogen) atoms. The predicted octanol–water partition coefficient (Wildman–Crippen LogP) is 3.83. The number of hydrogen-bond acceptors (Lipinski definition) is 3. The van der Waals surface area contributed by atoms with Crippen LogP contribution >= 0.6 is 7.14 Å². The van der Waals surface area contributed by atoms with Crippen LogP contribution in [0.3, 0.4) is 0 Å². The maximum atomic E-state index is 11.2. The Morgan fingerprint density at radius 1 is 1.13 bits per heavy atom. The molecule has 4 heteroatoms. The van der Waals surface area contributed by atoms with E-state index >= 15 is 0 Å². The first-order valence-corrected chi connectivity index (χ1v) is 7.42. The van der Waals surface area contributed by atoms with Crippen LogP contribution in [0.25, 0.3) is 0 Å². The Kier molecular flexibility index (Phi) is 5.95. The Balaban J connectivity index is 0.000000921. The molecule has 1 aromatic rings. The molecule has 0 aromatic heterocycles. The molecule has 0 aliphatic carbocycles. The summed E-state index contributed by atoms with van der Waals surface area (Å²) >= 11 is 0. The van der Waals surface area contributed by atoms with Gasteiger partial charge < -0.3 is 9.30 Å². The summed E-state index contributed by atoms with van der Waals surface area (Å²) in [6.45, 7) is 6.77. The van der Waals surface area contributed by atoms with Crippen molar-refractivity contribution in [2.45, 2.75) is 13.8 Å². The van der Waals surface area contributed by atoms with E-state index in [0.29, 0.717) is 5.75 Å². The van der Waals surface area contributed by atoms with Crippen molar-refractivity contribution in [3.63, 3.8) is 0 Å². The lowest BCUT2D eigenvalue weighted by Crippen LogP contribution is -2.04. The lowest BCUT2D eigenvalue weighted by atomic mass is 10.3. The Labute approximate surface area is 90.8 Å². The maximum absolute atomic E-state index is 11.2. The zero-order valence-electron chi connectivity index (χ0n) is 9.56. The van der Waals surface area contributed by atoms with E-state index < -0.39 is 12.9 Å². The first kappa shape index (κ1) is 13.9. The minimum absolute atomic E-state index is 0.427. The zero-order valence-corrected chi connectivity index (χ0v) is 10.5. The number of para-hydroxylation sites is 1. The lowest BCUT2D eigenvalue weighted by molar-refractivity contribution is 0.224. The maximum Gasteiger partial charge on any atom is 0.368 e. The smallest absolute Gasteiger partial charge is 0.368 e. The highest BCUT2D eigenvalue weighted by atomic mass is 31.2. The fourth-order valence-electron chi connectivity index (χ4n) is 0.699. The van der Waals surface area contributed by atoms with Gasteiger partial charge in [0, 0.05) is 0 Å². The van der Waals surface area contributed by atoms with Crippen molar-refractivity contribution in [1.82, 2.24) is 0 Å². The highest BCUT2D eigenvalue weighted by Gasteiger charge is 2.21. The van der Waals surface area contributed by atoms with Crippen molar-refractivity contribution < 1.29 is 14.1 Å². The van der Waals surface area contributed by atoms with Gasteiger partial charge in [-0.1, -0.05) is 32.0 Å². The van der Waals surface area contributed by atoms with E-state index in [2.05, 4.69) is 0 Å². The number of carbonyl (C=O) groups is 1. The van der Waals surface area contributed by atoms with Crippen LogP contribution in [0.1, 0.15) is 13.8 Å². The van der Waals surface area contributed by atoms with Crippen LogP contribution in [0.5, 0.6) is 5.75 Å². The van der Waals surface area contributed by atoms with Crippen LogP contribution < -0.4 is 4.74 Å². The van der Waals surface area contributed by atoms with Crippen LogP contribution in [0.15, 0.2) is 30.3 Å². The number of carbonyl (C=O) groups excluding carboxylic acids is 1. The number of hydrogen-bond donors (Lipinski definition) is 0. The highest BCUT2D eigenvalue weighted by Crippen LogP contribution is 2.38. The van der Waals surface area contributed by atoms with Gasteiger partial charge in [-0.05, 0) is 25.5 Å². The molecule has 0 spiro atoms. The topological polar surface area (TPSA) is 43.4 Å². The van der Waals surface area contributed by atoms with Crippen LogP contribution in [0.2, 0.25) is 0 Å². The van der Waals surface area contributed by atoms with E-state index in [1.165, 1.54) is 13.3 Å². The minimum atomic E-state index is -2.78. The third kappa shape index (κ3) is 5.38. The summed E-state index contributed by atoms with van der Waals surface area (Å²) < 4.78 is 16.1. The van der Waals surface area contributed by atoms with Gasteiger partial charge in [-0.25, -0.2) is 4.79 Å². The molecule has 0 fully saturated rings. The van der Waals surface area contributed by atoms with Gasteiger partial charge in [0.1, 0.15) is 5.75 Å². The molecule has 0 amide bonds. The van der Waals surface area contributed by atoms with Crippen LogP contribution in [-0.2, 0) is 4.57 Å². The molecule has 0 aliphatic heterocycles. The molecular formula is C11H17O3P. The third-order valence-electron chi connectivity index (χ3n) is 1.39. The average molecular weight is 228 g/mol. The van der Waals surface area contributed by atoms with Gasteiger partial charge in [0.2, 0.25) is 0 Å². The first-order chi connectivity index (χ1) is 7.00.